The molecule has 0 spiro atoms. The Kier molecular flexibility index (Phi) is 3.61. The average Bonchev–Trinajstić information content (AvgIpc) is 3.38. The third kappa shape index (κ3) is 3.23. The molecule has 2 heterocycles. The van der Waals surface area contributed by atoms with Crippen LogP contribution in [-0.4, -0.2) is 40.6 Å². The fraction of sp³-hybridized carbons (Fsp3) is 0.800. The van der Waals surface area contributed by atoms with Crippen molar-refractivity contribution in [3.8, 4) is 0 Å². The molecule has 1 saturated heterocycles. The smallest absolute Gasteiger partial charge is 0.231 e. The van der Waals surface area contributed by atoms with E-state index in [-0.39, 0.29) is 0 Å². The Morgan fingerprint density at radius 2 is 1.76 bits per heavy atom. The average molecular weight is 308 g/mol. The van der Waals surface area contributed by atoms with Gasteiger partial charge < -0.3 is 9.80 Å². The molecule has 0 radical (unpaired) electrons. The Morgan fingerprint density at radius 3 is 2.43 bits per heavy atom. The van der Waals surface area contributed by atoms with E-state index in [1.807, 2.05) is 0 Å². The van der Waals surface area contributed by atoms with Crippen molar-refractivity contribution in [3.63, 3.8) is 0 Å². The van der Waals surface area contributed by atoms with E-state index in [9.17, 15) is 0 Å². The zero-order valence-electron chi connectivity index (χ0n) is 12.3. The summed E-state index contributed by atoms with van der Waals surface area (Å²) in [6, 6.07) is 0.623. The number of halogens is 1. The minimum atomic E-state index is 0.335. The van der Waals surface area contributed by atoms with E-state index in [1.54, 1.807) is 0 Å². The first-order valence-electron chi connectivity index (χ1n) is 8.23. The standard InChI is InChI=1S/C15H22ClN5/c16-13-17-14(20-8-2-1-3-9-20)19-15(18-13)21(12-6-7-12)10-11-4-5-11/h11-12H,1-10H2. The van der Waals surface area contributed by atoms with E-state index in [4.69, 9.17) is 16.6 Å². The molecule has 1 aromatic rings. The summed E-state index contributed by atoms with van der Waals surface area (Å²) in [5, 5.41) is 0.335. The molecule has 4 rings (SSSR count). The Balaban J connectivity index is 1.59. The maximum absolute atomic E-state index is 6.18. The van der Waals surface area contributed by atoms with Crippen LogP contribution in [0, 0.1) is 5.92 Å². The molecule has 2 saturated carbocycles. The third-order valence-electron chi connectivity index (χ3n) is 4.62. The van der Waals surface area contributed by atoms with Gasteiger partial charge in [-0.2, -0.15) is 15.0 Å². The zero-order valence-corrected chi connectivity index (χ0v) is 13.1. The number of anilines is 2. The molecule has 0 unspecified atom stereocenters. The second kappa shape index (κ2) is 5.59. The lowest BCUT2D eigenvalue weighted by Crippen LogP contribution is -2.34. The summed E-state index contributed by atoms with van der Waals surface area (Å²) in [5.41, 5.74) is 0. The first kappa shape index (κ1) is 13.6. The van der Waals surface area contributed by atoms with Crippen molar-refractivity contribution in [1.82, 2.24) is 15.0 Å². The van der Waals surface area contributed by atoms with Gasteiger partial charge in [0.25, 0.3) is 0 Å². The van der Waals surface area contributed by atoms with E-state index < -0.39 is 0 Å². The fourth-order valence-corrected chi connectivity index (χ4v) is 3.20. The number of aromatic nitrogens is 3. The van der Waals surface area contributed by atoms with Crippen molar-refractivity contribution in [2.24, 2.45) is 5.92 Å². The molecule has 6 heteroatoms. The van der Waals surface area contributed by atoms with Gasteiger partial charge in [0.2, 0.25) is 17.2 Å². The maximum Gasteiger partial charge on any atom is 0.231 e. The van der Waals surface area contributed by atoms with Crippen LogP contribution in [0.3, 0.4) is 0 Å². The Bertz CT molecular complexity index is 509. The van der Waals surface area contributed by atoms with Crippen LogP contribution in [-0.2, 0) is 0 Å². The molecule has 3 aliphatic rings. The van der Waals surface area contributed by atoms with Crippen molar-refractivity contribution in [2.75, 3.05) is 29.4 Å². The molecular weight excluding hydrogens is 286 g/mol. The van der Waals surface area contributed by atoms with Crippen LogP contribution in [0.15, 0.2) is 0 Å². The summed E-state index contributed by atoms with van der Waals surface area (Å²) in [6.07, 6.45) is 8.95. The molecule has 0 bridgehead atoms. The molecule has 1 aromatic heterocycles. The summed E-state index contributed by atoms with van der Waals surface area (Å²) in [4.78, 5) is 18.1. The van der Waals surface area contributed by atoms with Crippen molar-refractivity contribution in [1.29, 1.82) is 0 Å². The number of hydrogen-bond acceptors (Lipinski definition) is 5. The Morgan fingerprint density at radius 1 is 1.00 bits per heavy atom. The van der Waals surface area contributed by atoms with Gasteiger partial charge >= 0.3 is 0 Å². The van der Waals surface area contributed by atoms with Gasteiger partial charge in [-0.3, -0.25) is 0 Å². The largest absolute Gasteiger partial charge is 0.341 e. The molecular formula is C15H22ClN5. The first-order chi connectivity index (χ1) is 10.3. The van der Waals surface area contributed by atoms with Gasteiger partial charge in [-0.15, -0.1) is 0 Å². The van der Waals surface area contributed by atoms with Gasteiger partial charge in [-0.25, -0.2) is 0 Å². The van der Waals surface area contributed by atoms with Gasteiger partial charge in [0.15, 0.2) is 0 Å². The highest BCUT2D eigenvalue weighted by atomic mass is 35.5. The molecule has 3 fully saturated rings. The van der Waals surface area contributed by atoms with Crippen molar-refractivity contribution >= 4 is 23.5 Å². The van der Waals surface area contributed by atoms with E-state index >= 15 is 0 Å². The van der Waals surface area contributed by atoms with Crippen LogP contribution in [0.2, 0.25) is 5.28 Å². The van der Waals surface area contributed by atoms with E-state index in [2.05, 4.69) is 19.8 Å². The van der Waals surface area contributed by atoms with Gasteiger partial charge in [-0.05, 0) is 62.5 Å². The third-order valence-corrected chi connectivity index (χ3v) is 4.79. The second-order valence-electron chi connectivity index (χ2n) is 6.58. The van der Waals surface area contributed by atoms with Gasteiger partial charge in [0.05, 0.1) is 0 Å². The number of rotatable bonds is 5. The lowest BCUT2D eigenvalue weighted by Gasteiger charge is -2.28. The number of piperidine rings is 1. The Labute approximate surface area is 130 Å². The predicted molar refractivity (Wildman–Crippen MR) is 84.0 cm³/mol. The van der Waals surface area contributed by atoms with Crippen LogP contribution in [0.25, 0.3) is 0 Å². The summed E-state index contributed by atoms with van der Waals surface area (Å²) < 4.78 is 0. The summed E-state index contributed by atoms with van der Waals surface area (Å²) in [6.45, 7) is 3.15. The van der Waals surface area contributed by atoms with Crippen molar-refractivity contribution < 1.29 is 0 Å². The first-order valence-corrected chi connectivity index (χ1v) is 8.60. The minimum Gasteiger partial charge on any atom is -0.341 e. The highest BCUT2D eigenvalue weighted by molar-refractivity contribution is 6.28. The SMILES string of the molecule is Clc1nc(N2CCCCC2)nc(N(CC2CC2)C2CC2)n1. The monoisotopic (exact) mass is 307 g/mol. The predicted octanol–water partition coefficient (Wildman–Crippen LogP) is 2.89. The maximum atomic E-state index is 6.18. The highest BCUT2D eigenvalue weighted by Crippen LogP contribution is 2.37. The molecule has 114 valence electrons. The van der Waals surface area contributed by atoms with Crippen molar-refractivity contribution in [3.05, 3.63) is 5.28 Å². The van der Waals surface area contributed by atoms with Gasteiger partial charge in [-0.1, -0.05) is 0 Å². The molecule has 1 aliphatic heterocycles. The van der Waals surface area contributed by atoms with E-state index in [1.165, 1.54) is 44.9 Å². The quantitative estimate of drug-likeness (QED) is 0.837. The van der Waals surface area contributed by atoms with Gasteiger partial charge in [0, 0.05) is 25.7 Å². The lowest BCUT2D eigenvalue weighted by atomic mass is 10.1. The molecule has 5 nitrogen and oxygen atoms in total. The molecule has 2 aliphatic carbocycles. The summed E-state index contributed by atoms with van der Waals surface area (Å²) in [5.74, 6) is 2.40. The summed E-state index contributed by atoms with van der Waals surface area (Å²) in [7, 11) is 0. The van der Waals surface area contributed by atoms with Crippen LogP contribution in [0.5, 0.6) is 0 Å². The van der Waals surface area contributed by atoms with Gasteiger partial charge in [0.1, 0.15) is 0 Å². The van der Waals surface area contributed by atoms with Crippen LogP contribution >= 0.6 is 11.6 Å². The topological polar surface area (TPSA) is 45.2 Å². The highest BCUT2D eigenvalue weighted by Gasteiger charge is 2.35. The number of nitrogens with zero attached hydrogens (tertiary/aromatic N) is 5. The molecule has 21 heavy (non-hydrogen) atoms. The normalized spacial score (nSPS) is 22.4. The Hall–Kier alpha value is -1.10. The van der Waals surface area contributed by atoms with Crippen LogP contribution < -0.4 is 9.80 Å². The molecule has 0 N–H and O–H groups in total. The fourth-order valence-electron chi connectivity index (χ4n) is 3.05. The van der Waals surface area contributed by atoms with Crippen molar-refractivity contribution in [2.45, 2.75) is 51.0 Å². The zero-order chi connectivity index (χ0) is 14.2. The lowest BCUT2D eigenvalue weighted by molar-refractivity contribution is 0.566. The van der Waals surface area contributed by atoms with E-state index in [0.717, 1.165) is 37.4 Å². The summed E-state index contributed by atoms with van der Waals surface area (Å²) >= 11 is 6.18. The second-order valence-corrected chi connectivity index (χ2v) is 6.92. The molecule has 0 amide bonds. The minimum absolute atomic E-state index is 0.335. The van der Waals surface area contributed by atoms with E-state index in [0.29, 0.717) is 11.3 Å². The van der Waals surface area contributed by atoms with Crippen LogP contribution in [0.4, 0.5) is 11.9 Å². The molecule has 0 atom stereocenters. The number of hydrogen-bond donors (Lipinski definition) is 0. The van der Waals surface area contributed by atoms with Crippen LogP contribution in [0.1, 0.15) is 44.9 Å². The molecule has 0 aromatic carbocycles.